The van der Waals surface area contributed by atoms with Crippen molar-refractivity contribution >= 4 is 51.4 Å². The van der Waals surface area contributed by atoms with Gasteiger partial charge in [0, 0.05) is 11.1 Å². The van der Waals surface area contributed by atoms with E-state index in [1.165, 1.54) is 0 Å². The smallest absolute Gasteiger partial charge is 0.264 e. The normalized spacial score (nSPS) is 26.2. The van der Waals surface area contributed by atoms with E-state index < -0.39 is 0 Å². The van der Waals surface area contributed by atoms with Crippen molar-refractivity contribution in [3.8, 4) is 5.75 Å². The summed E-state index contributed by atoms with van der Waals surface area (Å²) in [5.74, 6) is 0.587. The Morgan fingerprint density at radius 2 is 2.12 bits per heavy atom. The largest absolute Gasteiger partial charge is 0.494 e. The lowest BCUT2D eigenvalue weighted by Gasteiger charge is -2.43. The van der Waals surface area contributed by atoms with Gasteiger partial charge in [-0.3, -0.25) is 9.59 Å². The minimum Gasteiger partial charge on any atom is -0.494 e. The maximum atomic E-state index is 13.4. The van der Waals surface area contributed by atoms with Crippen LogP contribution in [0.25, 0.3) is 5.57 Å². The molecule has 0 saturated carbocycles. The Labute approximate surface area is 162 Å². The zero-order valence-corrected chi connectivity index (χ0v) is 16.8. The zero-order chi connectivity index (χ0) is 18.8. The number of hydrogen-bond acceptors (Lipinski definition) is 5. The standard InChI is InChI=1S/C19H20N2O3S2/c1-5-24-10-6-11-9(2)8-19(3,4)21-14(11)12(7-10)13(17(21)23)15-16(22)20-18(25)26-15/h6-7,9H,5,8H2,1-4H3,(H,20,22,25). The second-order valence-electron chi connectivity index (χ2n) is 7.45. The van der Waals surface area contributed by atoms with Crippen molar-refractivity contribution in [3.63, 3.8) is 0 Å². The van der Waals surface area contributed by atoms with Crippen LogP contribution in [0.1, 0.15) is 51.2 Å². The number of carbonyl (C=O) groups excluding carboxylic acids is 2. The number of ether oxygens (including phenoxy) is 1. The van der Waals surface area contributed by atoms with Crippen molar-refractivity contribution in [2.75, 3.05) is 11.5 Å². The summed E-state index contributed by atoms with van der Waals surface area (Å²) in [6.07, 6.45) is 0.848. The van der Waals surface area contributed by atoms with Gasteiger partial charge in [-0.15, -0.1) is 0 Å². The molecule has 1 aromatic carbocycles. The molecule has 0 bridgehead atoms. The van der Waals surface area contributed by atoms with Crippen LogP contribution in [0.3, 0.4) is 0 Å². The SMILES string of the molecule is CCOc1cc2c3c(c1)C(C)CC(C)(C)N3C(=O)C2=C1SC(=S)NC1=O. The second kappa shape index (κ2) is 5.82. The number of amides is 2. The fourth-order valence-corrected chi connectivity index (χ4v) is 5.36. The lowest BCUT2D eigenvalue weighted by atomic mass is 9.80. The van der Waals surface area contributed by atoms with Crippen molar-refractivity contribution < 1.29 is 14.3 Å². The fourth-order valence-electron chi connectivity index (χ4n) is 4.25. The maximum Gasteiger partial charge on any atom is 0.264 e. The van der Waals surface area contributed by atoms with E-state index in [1.807, 2.05) is 24.0 Å². The summed E-state index contributed by atoms with van der Waals surface area (Å²) in [5.41, 5.74) is 2.90. The van der Waals surface area contributed by atoms with Gasteiger partial charge in [0.2, 0.25) is 0 Å². The van der Waals surface area contributed by atoms with Gasteiger partial charge in [0.25, 0.3) is 11.8 Å². The molecule has 3 aliphatic heterocycles. The number of nitrogens with zero attached hydrogens (tertiary/aromatic N) is 1. The Hall–Kier alpha value is -1.86. The highest BCUT2D eigenvalue weighted by Crippen LogP contribution is 2.54. The number of nitrogens with one attached hydrogen (secondary N) is 1. The van der Waals surface area contributed by atoms with Crippen LogP contribution < -0.4 is 15.0 Å². The summed E-state index contributed by atoms with van der Waals surface area (Å²) < 4.78 is 6.13. The molecule has 1 fully saturated rings. The van der Waals surface area contributed by atoms with Crippen molar-refractivity contribution in [2.24, 2.45) is 0 Å². The summed E-state index contributed by atoms with van der Waals surface area (Å²) in [4.78, 5) is 28.0. The molecule has 7 heteroatoms. The molecule has 1 atom stereocenters. The number of benzene rings is 1. The Morgan fingerprint density at radius 3 is 2.73 bits per heavy atom. The van der Waals surface area contributed by atoms with Crippen LogP contribution in [0.5, 0.6) is 5.75 Å². The summed E-state index contributed by atoms with van der Waals surface area (Å²) in [6, 6.07) is 3.91. The molecule has 26 heavy (non-hydrogen) atoms. The van der Waals surface area contributed by atoms with Crippen molar-refractivity contribution in [1.29, 1.82) is 0 Å². The Kier molecular flexibility index (Phi) is 3.93. The van der Waals surface area contributed by atoms with Crippen molar-refractivity contribution in [1.82, 2.24) is 5.32 Å². The van der Waals surface area contributed by atoms with E-state index in [4.69, 9.17) is 17.0 Å². The second-order valence-corrected chi connectivity index (χ2v) is 9.13. The summed E-state index contributed by atoms with van der Waals surface area (Å²) >= 11 is 6.28. The molecule has 3 aliphatic rings. The van der Waals surface area contributed by atoms with Gasteiger partial charge in [0.1, 0.15) is 10.1 Å². The molecule has 1 aromatic rings. The minimum atomic E-state index is -0.325. The van der Waals surface area contributed by atoms with Crippen LogP contribution in [-0.2, 0) is 9.59 Å². The van der Waals surface area contributed by atoms with E-state index in [-0.39, 0.29) is 17.4 Å². The monoisotopic (exact) mass is 388 g/mol. The molecule has 2 amide bonds. The fraction of sp³-hybridized carbons (Fsp3) is 0.421. The number of rotatable bonds is 2. The molecule has 3 heterocycles. The van der Waals surface area contributed by atoms with Gasteiger partial charge in [0.05, 0.1) is 22.8 Å². The highest BCUT2D eigenvalue weighted by atomic mass is 32.2. The molecule has 0 aromatic heterocycles. The first kappa shape index (κ1) is 17.5. The van der Waals surface area contributed by atoms with Crippen LogP contribution in [0.2, 0.25) is 0 Å². The number of carbonyl (C=O) groups is 2. The minimum absolute atomic E-state index is 0.130. The molecule has 1 N–H and O–H groups in total. The van der Waals surface area contributed by atoms with E-state index >= 15 is 0 Å². The summed E-state index contributed by atoms with van der Waals surface area (Å²) in [7, 11) is 0. The van der Waals surface area contributed by atoms with E-state index in [0.717, 1.165) is 40.7 Å². The summed E-state index contributed by atoms with van der Waals surface area (Å²) in [6.45, 7) is 8.80. The zero-order valence-electron chi connectivity index (χ0n) is 15.1. The number of thioether (sulfide) groups is 1. The molecular weight excluding hydrogens is 368 g/mol. The van der Waals surface area contributed by atoms with Crippen LogP contribution in [0.15, 0.2) is 17.0 Å². The number of hydrogen-bond donors (Lipinski definition) is 1. The van der Waals surface area contributed by atoms with Gasteiger partial charge in [-0.2, -0.15) is 0 Å². The molecule has 0 spiro atoms. The molecule has 5 nitrogen and oxygen atoms in total. The third kappa shape index (κ3) is 2.41. The first-order valence-electron chi connectivity index (χ1n) is 8.67. The molecule has 0 radical (unpaired) electrons. The average molecular weight is 389 g/mol. The number of thiocarbonyl (C=S) groups is 1. The third-order valence-corrected chi connectivity index (χ3v) is 6.35. The van der Waals surface area contributed by atoms with Gasteiger partial charge >= 0.3 is 0 Å². The first-order chi connectivity index (χ1) is 12.2. The molecule has 1 unspecified atom stereocenters. The molecular formula is C19H20N2O3S2. The third-order valence-electron chi connectivity index (χ3n) is 5.12. The maximum absolute atomic E-state index is 13.4. The predicted octanol–water partition coefficient (Wildman–Crippen LogP) is 3.58. The summed E-state index contributed by atoms with van der Waals surface area (Å²) in [5, 5.41) is 2.62. The van der Waals surface area contributed by atoms with Crippen LogP contribution >= 0.6 is 24.0 Å². The molecule has 1 saturated heterocycles. The van der Waals surface area contributed by atoms with Crippen LogP contribution in [0, 0.1) is 0 Å². The highest BCUT2D eigenvalue weighted by Gasteiger charge is 2.49. The molecule has 0 aliphatic carbocycles. The molecule has 4 rings (SSSR count). The van der Waals surface area contributed by atoms with Crippen molar-refractivity contribution in [3.05, 3.63) is 28.2 Å². The first-order valence-corrected chi connectivity index (χ1v) is 9.90. The van der Waals surface area contributed by atoms with Gasteiger partial charge < -0.3 is 15.0 Å². The van der Waals surface area contributed by atoms with E-state index in [9.17, 15) is 9.59 Å². The Bertz CT molecular complexity index is 904. The van der Waals surface area contributed by atoms with E-state index in [0.29, 0.717) is 27.3 Å². The topological polar surface area (TPSA) is 58.6 Å². The van der Waals surface area contributed by atoms with Crippen LogP contribution in [-0.4, -0.2) is 28.3 Å². The van der Waals surface area contributed by atoms with Gasteiger partial charge in [-0.05, 0) is 50.8 Å². The quantitative estimate of drug-likeness (QED) is 0.620. The Morgan fingerprint density at radius 1 is 1.38 bits per heavy atom. The van der Waals surface area contributed by atoms with Gasteiger partial charge in [0.15, 0.2) is 0 Å². The number of anilines is 1. The highest BCUT2D eigenvalue weighted by molar-refractivity contribution is 8.27. The van der Waals surface area contributed by atoms with Gasteiger partial charge in [-0.1, -0.05) is 30.9 Å². The molecule has 136 valence electrons. The van der Waals surface area contributed by atoms with E-state index in [1.54, 1.807) is 0 Å². The van der Waals surface area contributed by atoms with E-state index in [2.05, 4.69) is 26.1 Å². The Balaban J connectivity index is 2.03. The lowest BCUT2D eigenvalue weighted by molar-refractivity contribution is -0.116. The lowest BCUT2D eigenvalue weighted by Crippen LogP contribution is -2.49. The average Bonchev–Trinajstić information content (AvgIpc) is 3.01. The van der Waals surface area contributed by atoms with Crippen molar-refractivity contribution in [2.45, 2.75) is 45.6 Å². The predicted molar refractivity (Wildman–Crippen MR) is 107 cm³/mol. The van der Waals surface area contributed by atoms with Crippen LogP contribution in [0.4, 0.5) is 5.69 Å². The van der Waals surface area contributed by atoms with Gasteiger partial charge in [-0.25, -0.2) is 0 Å².